The van der Waals surface area contributed by atoms with Gasteiger partial charge in [0.15, 0.2) is 7.14 Å². The fourth-order valence-electron chi connectivity index (χ4n) is 1.56. The van der Waals surface area contributed by atoms with Crippen molar-refractivity contribution in [2.75, 3.05) is 0 Å². The molecule has 0 radical (unpaired) electrons. The predicted molar refractivity (Wildman–Crippen MR) is 72.0 cm³/mol. The van der Waals surface area contributed by atoms with Crippen molar-refractivity contribution in [3.8, 4) is 0 Å². The Hall–Kier alpha value is -0.400. The van der Waals surface area contributed by atoms with Crippen LogP contribution in [0.25, 0.3) is 0 Å². The summed E-state index contributed by atoms with van der Waals surface area (Å²) in [6.45, 7) is 0. The molecular weight excluding hydrogens is 478 g/mol. The average Bonchev–Trinajstić information content (AvgIpc) is 2.88. The summed E-state index contributed by atoms with van der Waals surface area (Å²) in [6, 6.07) is 26.4. The van der Waals surface area contributed by atoms with E-state index in [0.29, 0.717) is 0 Å². The molecule has 0 spiro atoms. The van der Waals surface area contributed by atoms with Crippen molar-refractivity contribution in [1.82, 2.24) is 0 Å². The summed E-state index contributed by atoms with van der Waals surface area (Å²) in [5.74, 6) is 0. The van der Waals surface area contributed by atoms with Crippen LogP contribution in [0.4, 0.5) is 0 Å². The number of benzene rings is 2. The molecule has 19 heavy (non-hydrogen) atoms. The van der Waals surface area contributed by atoms with E-state index in [9.17, 15) is 0 Å². The Balaban J connectivity index is 1.70. The molecule has 3 rings (SSSR count). The maximum absolute atomic E-state index is 2.34. The molecule has 0 aliphatic heterocycles. The van der Waals surface area contributed by atoms with Gasteiger partial charge in [-0.2, -0.15) is 0 Å². The lowest BCUT2D eigenvalue weighted by Gasteiger charge is -1.81. The van der Waals surface area contributed by atoms with Crippen molar-refractivity contribution in [3.63, 3.8) is 0 Å². The van der Waals surface area contributed by atoms with E-state index in [0.717, 1.165) is 0 Å². The van der Waals surface area contributed by atoms with E-state index >= 15 is 0 Å². The van der Waals surface area contributed by atoms with Crippen molar-refractivity contribution < 1.29 is 42.4 Å². The minimum absolute atomic E-state index is 0.00944. The molecule has 1 heterocycles. The minimum atomic E-state index is 0.00944. The second-order valence-corrected chi connectivity index (χ2v) is 12.3. The van der Waals surface area contributed by atoms with Gasteiger partial charge in [-0.05, 0) is 35.6 Å². The summed E-state index contributed by atoms with van der Waals surface area (Å²) in [5, 5.41) is 0. The zero-order valence-corrected chi connectivity index (χ0v) is 15.2. The summed E-state index contributed by atoms with van der Waals surface area (Å²) >= 11 is 2.04. The second kappa shape index (κ2) is 6.85. The monoisotopic (exact) mass is 490 g/mol. The quantitative estimate of drug-likeness (QED) is 0.372. The molecule has 0 saturated carbocycles. The van der Waals surface area contributed by atoms with Crippen molar-refractivity contribution >= 4 is 11.3 Å². The molecule has 0 saturated heterocycles. The van der Waals surface area contributed by atoms with Crippen LogP contribution < -0.4 is 42.4 Å². The molecule has 0 aliphatic rings. The van der Waals surface area contributed by atoms with Crippen LogP contribution in [0.3, 0.4) is 0 Å². The zero-order valence-electron chi connectivity index (χ0n) is 10.1. The third-order valence-electron chi connectivity index (χ3n) is 2.41. The fourth-order valence-corrected chi connectivity index (χ4v) is 10.1. The van der Waals surface area contributed by atoms with E-state index < -0.39 is 0 Å². The topological polar surface area (TPSA) is 0 Å². The Bertz CT molecular complexity index is 576. The highest BCUT2D eigenvalue weighted by atomic mass is 127. The molecule has 0 nitrogen and oxygen atoms in total. The van der Waals surface area contributed by atoms with Crippen LogP contribution in [0.1, 0.15) is 0 Å². The second-order valence-electron chi connectivity index (χ2n) is 3.82. The fraction of sp³-hybridized carbons (Fsp3) is 0. The number of thiophene rings is 1. The molecule has 0 unspecified atom stereocenters. The number of halogens is 2. The first-order valence-electron chi connectivity index (χ1n) is 5.90. The smallest absolute Gasteiger partial charge is 0.0619 e. The lowest BCUT2D eigenvalue weighted by molar-refractivity contribution is -0.594. The molecule has 2 aromatic carbocycles. The zero-order chi connectivity index (χ0) is 12.9. The molecule has 0 bridgehead atoms. The highest BCUT2D eigenvalue weighted by molar-refractivity contribution is 7.06. The van der Waals surface area contributed by atoms with Crippen molar-refractivity contribution in [2.45, 2.75) is 0 Å². The van der Waals surface area contributed by atoms with Crippen molar-refractivity contribution in [3.05, 3.63) is 85.7 Å². The minimum Gasteiger partial charge on any atom is -0.0619 e. The highest BCUT2D eigenvalue weighted by Gasteiger charge is 2.24. The molecule has 0 aliphatic carbocycles. The Labute approximate surface area is 138 Å². The Morgan fingerprint density at radius 1 is 0.526 bits per heavy atom. The van der Waals surface area contributed by atoms with Gasteiger partial charge in [0.25, 0.3) is 5.77 Å². The summed E-state index contributed by atoms with van der Waals surface area (Å²) in [6.07, 6.45) is 0. The van der Waals surface area contributed by atoms with Gasteiger partial charge in [0, 0.05) is 12.1 Å². The van der Waals surface area contributed by atoms with Gasteiger partial charge < -0.3 is 0 Å². The highest BCUT2D eigenvalue weighted by Crippen LogP contribution is 1.96. The lowest BCUT2D eigenvalue weighted by Crippen LogP contribution is -3.62. The van der Waals surface area contributed by atoms with Crippen LogP contribution >= 0.6 is 11.3 Å². The Morgan fingerprint density at radius 3 is 1.37 bits per heavy atom. The van der Waals surface area contributed by atoms with Gasteiger partial charge in [0.2, 0.25) is 0 Å². The van der Waals surface area contributed by atoms with Gasteiger partial charge in [-0.15, -0.1) is 0 Å². The molecule has 0 atom stereocenters. The Kier molecular flexibility index (Phi) is 4.90. The lowest BCUT2D eigenvalue weighted by atomic mass is 10.4. The van der Waals surface area contributed by atoms with Gasteiger partial charge in [-0.25, -0.2) is 0 Å². The summed E-state index contributed by atoms with van der Waals surface area (Å²) < 4.78 is 6.17. The van der Waals surface area contributed by atoms with E-state index in [1.807, 2.05) is 11.3 Å². The van der Waals surface area contributed by atoms with Gasteiger partial charge in [0.05, 0.1) is 0 Å². The van der Waals surface area contributed by atoms with Gasteiger partial charge in [0.1, 0.15) is 0 Å². The maximum atomic E-state index is 2.34. The summed E-state index contributed by atoms with van der Waals surface area (Å²) in [7, 11) is 0. The predicted octanol–water partition coefficient (Wildman–Crippen LogP) is -2.00. The van der Waals surface area contributed by atoms with Crippen LogP contribution in [-0.2, 0) is 0 Å². The maximum Gasteiger partial charge on any atom is 0.369 e. The first-order valence-corrected chi connectivity index (χ1v) is 11.0. The van der Waals surface area contributed by atoms with E-state index in [1.165, 1.54) is 7.14 Å². The average molecular weight is 490 g/mol. The first-order chi connectivity index (χ1) is 9.40. The summed E-state index contributed by atoms with van der Waals surface area (Å²) in [4.78, 5) is 0. The van der Waals surface area contributed by atoms with Gasteiger partial charge >= 0.3 is 42.4 Å². The van der Waals surface area contributed by atoms with Crippen LogP contribution in [0, 0.1) is 12.9 Å². The van der Waals surface area contributed by atoms with E-state index in [4.69, 9.17) is 0 Å². The van der Waals surface area contributed by atoms with E-state index in [-0.39, 0.29) is 42.4 Å². The molecule has 0 amide bonds. The molecule has 1 aromatic heterocycles. The normalized spacial score (nSPS) is 10.5. The third kappa shape index (κ3) is 4.03. The number of hydrogen-bond donors (Lipinski definition) is 0. The molecule has 0 N–H and O–H groups in total. The van der Waals surface area contributed by atoms with Crippen molar-refractivity contribution in [1.29, 1.82) is 0 Å². The standard InChI is InChI=1S/C16H12I2S/c1-3-7-13(8-4-1)17-15-11-12-16(19-15)18-14-9-5-2-6-10-14/h1-12H/q+2. The van der Waals surface area contributed by atoms with E-state index in [1.54, 1.807) is 5.77 Å². The molecule has 94 valence electrons. The number of hydrogen-bond acceptors (Lipinski definition) is 1. The van der Waals surface area contributed by atoms with Crippen LogP contribution in [-0.4, -0.2) is 0 Å². The third-order valence-corrected chi connectivity index (χ3v) is 9.90. The largest absolute Gasteiger partial charge is 0.369 e. The van der Waals surface area contributed by atoms with Crippen LogP contribution in [0.2, 0.25) is 0 Å². The number of rotatable bonds is 4. The summed E-state index contributed by atoms with van der Waals surface area (Å²) in [5.41, 5.74) is 0. The van der Waals surface area contributed by atoms with Crippen molar-refractivity contribution in [2.24, 2.45) is 0 Å². The molecule has 0 fully saturated rings. The molecular formula is C16H12I2S+2. The van der Waals surface area contributed by atoms with Crippen LogP contribution in [0.15, 0.2) is 72.8 Å². The Morgan fingerprint density at radius 2 is 0.947 bits per heavy atom. The molecule has 3 aromatic rings. The van der Waals surface area contributed by atoms with Gasteiger partial charge in [-0.1, -0.05) is 36.4 Å². The SMILES string of the molecule is c1ccc([I+]c2ccc([I+]c3ccccc3)s2)cc1. The molecule has 3 heteroatoms. The van der Waals surface area contributed by atoms with E-state index in [2.05, 4.69) is 72.8 Å². The first kappa shape index (κ1) is 13.6. The van der Waals surface area contributed by atoms with Gasteiger partial charge in [-0.3, -0.25) is 0 Å². The van der Waals surface area contributed by atoms with Crippen LogP contribution in [0.5, 0.6) is 0 Å².